The largest absolute Gasteiger partial charge is 0.352 e. The van der Waals surface area contributed by atoms with Gasteiger partial charge in [0.2, 0.25) is 0 Å². The third-order valence-electron chi connectivity index (χ3n) is 2.02. The van der Waals surface area contributed by atoms with Gasteiger partial charge < -0.3 is 5.32 Å². The molecule has 0 heterocycles. The molecule has 3 N–H and O–H groups in total. The van der Waals surface area contributed by atoms with Crippen molar-refractivity contribution in [1.29, 1.82) is 0 Å². The highest BCUT2D eigenvalue weighted by atomic mass is 16.1. The number of nitrogens with one attached hydrogen (secondary N) is 3. The van der Waals surface area contributed by atoms with Crippen LogP contribution in [0, 0.1) is 0 Å². The summed E-state index contributed by atoms with van der Waals surface area (Å²) >= 11 is 0. The van der Waals surface area contributed by atoms with Crippen molar-refractivity contribution in [2.24, 2.45) is 0 Å². The van der Waals surface area contributed by atoms with E-state index in [9.17, 15) is 4.79 Å². The minimum Gasteiger partial charge on any atom is -0.352 e. The van der Waals surface area contributed by atoms with E-state index >= 15 is 0 Å². The number of rotatable bonds is 5. The van der Waals surface area contributed by atoms with Crippen LogP contribution in [0.25, 0.3) is 0 Å². The molecule has 0 aromatic heterocycles. The molecular formula is C11H17N3O. The van der Waals surface area contributed by atoms with E-state index in [4.69, 9.17) is 0 Å². The Bertz CT molecular complexity index is 308. The highest BCUT2D eigenvalue weighted by Crippen LogP contribution is 2.03. The number of hydrogen-bond donors (Lipinski definition) is 3. The van der Waals surface area contributed by atoms with E-state index in [1.54, 1.807) is 0 Å². The van der Waals surface area contributed by atoms with Crippen LogP contribution in [0.5, 0.6) is 0 Å². The lowest BCUT2D eigenvalue weighted by atomic mass is 10.1. The van der Waals surface area contributed by atoms with Gasteiger partial charge in [0.15, 0.2) is 0 Å². The quantitative estimate of drug-likeness (QED) is 0.622. The summed E-state index contributed by atoms with van der Waals surface area (Å²) < 4.78 is 0. The van der Waals surface area contributed by atoms with E-state index in [2.05, 4.69) is 16.2 Å². The van der Waals surface area contributed by atoms with E-state index in [0.29, 0.717) is 12.1 Å². The molecule has 0 fully saturated rings. The molecule has 0 spiro atoms. The van der Waals surface area contributed by atoms with Crippen molar-refractivity contribution < 1.29 is 4.79 Å². The monoisotopic (exact) mass is 207 g/mol. The van der Waals surface area contributed by atoms with Gasteiger partial charge in [0.25, 0.3) is 5.91 Å². The van der Waals surface area contributed by atoms with E-state index in [-0.39, 0.29) is 5.91 Å². The molecule has 1 aromatic rings. The third-order valence-corrected chi connectivity index (χ3v) is 2.02. The van der Waals surface area contributed by atoms with Crippen LogP contribution in [-0.4, -0.2) is 19.5 Å². The van der Waals surface area contributed by atoms with Crippen LogP contribution in [-0.2, 0) is 6.54 Å². The molecule has 4 heteroatoms. The van der Waals surface area contributed by atoms with Crippen molar-refractivity contribution in [2.75, 3.05) is 13.6 Å². The van der Waals surface area contributed by atoms with Gasteiger partial charge in [0.05, 0.1) is 0 Å². The summed E-state index contributed by atoms with van der Waals surface area (Å²) in [6.45, 7) is 3.30. The first-order valence-electron chi connectivity index (χ1n) is 5.04. The van der Waals surface area contributed by atoms with Gasteiger partial charge in [0, 0.05) is 18.7 Å². The number of amides is 1. The van der Waals surface area contributed by atoms with Gasteiger partial charge in [-0.1, -0.05) is 12.1 Å². The van der Waals surface area contributed by atoms with Gasteiger partial charge in [-0.3, -0.25) is 15.6 Å². The standard InChI is InChI=1S/C11H17N3O/c1-3-13-11(15)10-6-4-9(5-7-10)8-14-12-2/h4-7,12,14H,3,8H2,1-2H3,(H,13,15). The van der Waals surface area contributed by atoms with Crippen molar-refractivity contribution >= 4 is 5.91 Å². The predicted octanol–water partition coefficient (Wildman–Crippen LogP) is 0.660. The van der Waals surface area contributed by atoms with Crippen molar-refractivity contribution in [1.82, 2.24) is 16.2 Å². The van der Waals surface area contributed by atoms with E-state index < -0.39 is 0 Å². The fraction of sp³-hybridized carbons (Fsp3) is 0.364. The molecule has 0 saturated carbocycles. The zero-order valence-corrected chi connectivity index (χ0v) is 9.13. The Hall–Kier alpha value is -1.39. The second kappa shape index (κ2) is 6.16. The smallest absolute Gasteiger partial charge is 0.251 e. The third kappa shape index (κ3) is 3.69. The van der Waals surface area contributed by atoms with E-state index in [0.717, 1.165) is 12.1 Å². The fourth-order valence-corrected chi connectivity index (χ4v) is 1.23. The molecule has 0 unspecified atom stereocenters. The highest BCUT2D eigenvalue weighted by Gasteiger charge is 2.02. The van der Waals surface area contributed by atoms with Crippen LogP contribution in [0.15, 0.2) is 24.3 Å². The Morgan fingerprint density at radius 2 is 1.93 bits per heavy atom. The summed E-state index contributed by atoms with van der Waals surface area (Å²) in [7, 11) is 1.82. The summed E-state index contributed by atoms with van der Waals surface area (Å²) in [6, 6.07) is 7.54. The summed E-state index contributed by atoms with van der Waals surface area (Å²) in [5, 5.41) is 2.76. The molecule has 0 aliphatic carbocycles. The molecule has 0 aliphatic heterocycles. The van der Waals surface area contributed by atoms with Crippen molar-refractivity contribution in [2.45, 2.75) is 13.5 Å². The highest BCUT2D eigenvalue weighted by molar-refractivity contribution is 5.94. The molecule has 1 amide bonds. The van der Waals surface area contributed by atoms with Crippen LogP contribution in [0.1, 0.15) is 22.8 Å². The number of benzene rings is 1. The lowest BCUT2D eigenvalue weighted by molar-refractivity contribution is 0.0956. The van der Waals surface area contributed by atoms with Gasteiger partial charge in [0.1, 0.15) is 0 Å². The lowest BCUT2D eigenvalue weighted by Crippen LogP contribution is -2.26. The molecule has 0 bridgehead atoms. The molecular weight excluding hydrogens is 190 g/mol. The first kappa shape index (κ1) is 11.7. The molecule has 0 saturated heterocycles. The van der Waals surface area contributed by atoms with Crippen molar-refractivity contribution in [3.63, 3.8) is 0 Å². The Labute approximate surface area is 90.0 Å². The Morgan fingerprint density at radius 1 is 1.27 bits per heavy atom. The molecule has 82 valence electrons. The second-order valence-electron chi connectivity index (χ2n) is 3.16. The fourth-order valence-electron chi connectivity index (χ4n) is 1.23. The maximum Gasteiger partial charge on any atom is 0.251 e. The average molecular weight is 207 g/mol. The molecule has 1 aromatic carbocycles. The van der Waals surface area contributed by atoms with Crippen LogP contribution >= 0.6 is 0 Å². The van der Waals surface area contributed by atoms with Crippen molar-refractivity contribution in [3.8, 4) is 0 Å². The maximum absolute atomic E-state index is 11.4. The predicted molar refractivity (Wildman–Crippen MR) is 60.3 cm³/mol. The van der Waals surface area contributed by atoms with Crippen molar-refractivity contribution in [3.05, 3.63) is 35.4 Å². The van der Waals surface area contributed by atoms with Crippen LogP contribution in [0.2, 0.25) is 0 Å². The van der Waals surface area contributed by atoms with Gasteiger partial charge in [-0.15, -0.1) is 0 Å². The van der Waals surface area contributed by atoms with Gasteiger partial charge >= 0.3 is 0 Å². The number of hydrogen-bond acceptors (Lipinski definition) is 3. The topological polar surface area (TPSA) is 53.2 Å². The summed E-state index contributed by atoms with van der Waals surface area (Å²) in [5.74, 6) is -0.0226. The molecule has 4 nitrogen and oxygen atoms in total. The molecule has 0 radical (unpaired) electrons. The minimum atomic E-state index is -0.0226. The van der Waals surface area contributed by atoms with E-state index in [1.807, 2.05) is 38.2 Å². The molecule has 1 rings (SSSR count). The molecule has 0 aliphatic rings. The summed E-state index contributed by atoms with van der Waals surface area (Å²) in [4.78, 5) is 11.4. The van der Waals surface area contributed by atoms with E-state index in [1.165, 1.54) is 0 Å². The normalized spacial score (nSPS) is 10.0. The average Bonchev–Trinajstić information content (AvgIpc) is 2.27. The first-order valence-corrected chi connectivity index (χ1v) is 5.04. The zero-order valence-electron chi connectivity index (χ0n) is 9.13. The molecule has 0 atom stereocenters. The van der Waals surface area contributed by atoms with Gasteiger partial charge in [-0.25, -0.2) is 0 Å². The first-order chi connectivity index (χ1) is 7.27. The lowest BCUT2D eigenvalue weighted by Gasteiger charge is -2.05. The Morgan fingerprint density at radius 3 is 2.47 bits per heavy atom. The molecule has 15 heavy (non-hydrogen) atoms. The Kier molecular flexibility index (Phi) is 4.80. The SMILES string of the molecule is CCNC(=O)c1ccc(CNNC)cc1. The van der Waals surface area contributed by atoms with Crippen LogP contribution in [0.4, 0.5) is 0 Å². The second-order valence-corrected chi connectivity index (χ2v) is 3.16. The van der Waals surface area contributed by atoms with Crippen LogP contribution in [0.3, 0.4) is 0 Å². The number of hydrazine groups is 1. The van der Waals surface area contributed by atoms with Gasteiger partial charge in [-0.05, 0) is 31.7 Å². The minimum absolute atomic E-state index is 0.0226. The maximum atomic E-state index is 11.4. The number of carbonyl (C=O) groups is 1. The summed E-state index contributed by atoms with van der Waals surface area (Å²) in [6.07, 6.45) is 0. The number of carbonyl (C=O) groups excluding carboxylic acids is 1. The summed E-state index contributed by atoms with van der Waals surface area (Å²) in [5.41, 5.74) is 7.67. The van der Waals surface area contributed by atoms with Crippen LogP contribution < -0.4 is 16.2 Å². The van der Waals surface area contributed by atoms with Gasteiger partial charge in [-0.2, -0.15) is 0 Å². The zero-order chi connectivity index (χ0) is 11.1. The Balaban J connectivity index is 2.59.